The second-order valence-electron chi connectivity index (χ2n) is 6.94. The summed E-state index contributed by atoms with van der Waals surface area (Å²) < 4.78 is 2.06. The Morgan fingerprint density at radius 3 is 2.84 bits per heavy atom. The van der Waals surface area contributed by atoms with Gasteiger partial charge in [0.05, 0.1) is 12.2 Å². The molecule has 0 aliphatic heterocycles. The van der Waals surface area contributed by atoms with E-state index in [9.17, 15) is 4.79 Å². The van der Waals surface area contributed by atoms with E-state index >= 15 is 0 Å². The molecule has 0 bridgehead atoms. The van der Waals surface area contributed by atoms with Crippen molar-refractivity contribution in [2.75, 3.05) is 6.54 Å². The predicted octanol–water partition coefficient (Wildman–Crippen LogP) is 3.30. The van der Waals surface area contributed by atoms with Crippen molar-refractivity contribution in [3.8, 4) is 11.4 Å². The average Bonchev–Trinajstić information content (AvgIpc) is 3.43. The number of aromatic nitrogens is 3. The summed E-state index contributed by atoms with van der Waals surface area (Å²) in [4.78, 5) is 16.7. The zero-order valence-corrected chi connectivity index (χ0v) is 14.4. The van der Waals surface area contributed by atoms with Crippen LogP contribution in [0.3, 0.4) is 0 Å². The van der Waals surface area contributed by atoms with Crippen molar-refractivity contribution in [1.29, 1.82) is 0 Å². The maximum atomic E-state index is 12.3. The number of nitrogens with one attached hydrogen (secondary N) is 1. The molecular weight excluding hydrogens is 312 g/mol. The van der Waals surface area contributed by atoms with Crippen LogP contribution in [-0.4, -0.2) is 27.2 Å². The van der Waals surface area contributed by atoms with Crippen LogP contribution in [0.1, 0.15) is 43.7 Å². The quantitative estimate of drug-likeness (QED) is 0.824. The van der Waals surface area contributed by atoms with Crippen LogP contribution in [0.2, 0.25) is 0 Å². The number of amides is 1. The van der Waals surface area contributed by atoms with Crippen LogP contribution in [0, 0.1) is 5.92 Å². The minimum Gasteiger partial charge on any atom is -0.354 e. The highest BCUT2D eigenvalue weighted by atomic mass is 16.1. The molecule has 1 saturated carbocycles. The van der Waals surface area contributed by atoms with Crippen molar-refractivity contribution in [3.05, 3.63) is 48.3 Å². The Hall–Kier alpha value is -2.43. The third-order valence-corrected chi connectivity index (χ3v) is 5.00. The van der Waals surface area contributed by atoms with Gasteiger partial charge in [0.15, 0.2) is 0 Å². The topological polar surface area (TPSA) is 59.8 Å². The maximum absolute atomic E-state index is 12.3. The van der Waals surface area contributed by atoms with E-state index in [4.69, 9.17) is 5.10 Å². The van der Waals surface area contributed by atoms with Gasteiger partial charge in [0.25, 0.3) is 0 Å². The molecular formula is C20H24N4O. The fourth-order valence-corrected chi connectivity index (χ4v) is 3.42. The fourth-order valence-electron chi connectivity index (χ4n) is 3.42. The third-order valence-electron chi connectivity index (χ3n) is 5.00. The molecule has 0 saturated heterocycles. The van der Waals surface area contributed by atoms with Crippen molar-refractivity contribution in [2.45, 2.75) is 44.6 Å². The maximum Gasteiger partial charge on any atom is 0.223 e. The van der Waals surface area contributed by atoms with Crippen LogP contribution in [0.15, 0.2) is 42.6 Å². The molecule has 2 heterocycles. The first-order chi connectivity index (χ1) is 12.3. The van der Waals surface area contributed by atoms with Gasteiger partial charge in [-0.15, -0.1) is 0 Å². The van der Waals surface area contributed by atoms with Gasteiger partial charge in [0.2, 0.25) is 5.91 Å². The van der Waals surface area contributed by atoms with Gasteiger partial charge in [-0.1, -0.05) is 18.2 Å². The van der Waals surface area contributed by atoms with E-state index in [1.807, 2.05) is 18.2 Å². The summed E-state index contributed by atoms with van der Waals surface area (Å²) >= 11 is 0. The van der Waals surface area contributed by atoms with E-state index in [0.29, 0.717) is 19.0 Å². The second-order valence-corrected chi connectivity index (χ2v) is 6.94. The number of nitrogens with zero attached hydrogens (tertiary/aromatic N) is 3. The molecule has 1 atom stereocenters. The Balaban J connectivity index is 1.40. The molecule has 2 aromatic rings. The molecule has 25 heavy (non-hydrogen) atoms. The molecule has 1 N–H and O–H groups in total. The highest BCUT2D eigenvalue weighted by Crippen LogP contribution is 2.41. The van der Waals surface area contributed by atoms with Gasteiger partial charge in [-0.2, -0.15) is 5.10 Å². The SMILES string of the molecule is O=C(NCCn1nc(-c2ccccn2)cc1C1CC1)[C@H]1CC=CCC1. The van der Waals surface area contributed by atoms with E-state index in [0.717, 1.165) is 30.7 Å². The molecule has 4 rings (SSSR count). The normalized spacial score (nSPS) is 19.8. The van der Waals surface area contributed by atoms with Crippen molar-refractivity contribution in [3.63, 3.8) is 0 Å². The Morgan fingerprint density at radius 1 is 1.20 bits per heavy atom. The third kappa shape index (κ3) is 3.81. The van der Waals surface area contributed by atoms with Gasteiger partial charge in [-0.05, 0) is 50.3 Å². The molecule has 5 nitrogen and oxygen atoms in total. The molecule has 1 amide bonds. The molecule has 5 heteroatoms. The summed E-state index contributed by atoms with van der Waals surface area (Å²) in [6, 6.07) is 8.05. The molecule has 0 spiro atoms. The first kappa shape index (κ1) is 16.1. The standard InChI is InChI=1S/C20H24N4O/c25-20(16-6-2-1-3-7-16)22-12-13-24-19(15-9-10-15)14-18(23-24)17-8-4-5-11-21-17/h1-2,4-5,8,11,14-16H,3,6-7,9-10,12-13H2,(H,22,25)/t16-/m0/s1. The van der Waals surface area contributed by atoms with Crippen LogP contribution >= 0.6 is 0 Å². The Morgan fingerprint density at radius 2 is 2.12 bits per heavy atom. The van der Waals surface area contributed by atoms with Crippen molar-refractivity contribution < 1.29 is 4.79 Å². The number of pyridine rings is 1. The monoisotopic (exact) mass is 336 g/mol. The summed E-state index contributed by atoms with van der Waals surface area (Å²) in [6.07, 6.45) is 11.4. The van der Waals surface area contributed by atoms with Crippen molar-refractivity contribution in [1.82, 2.24) is 20.1 Å². The number of allylic oxidation sites excluding steroid dienone is 2. The molecule has 2 aliphatic rings. The highest BCUT2D eigenvalue weighted by molar-refractivity contribution is 5.78. The predicted molar refractivity (Wildman–Crippen MR) is 96.9 cm³/mol. The van der Waals surface area contributed by atoms with Crippen LogP contribution in [0.5, 0.6) is 0 Å². The van der Waals surface area contributed by atoms with E-state index in [1.165, 1.54) is 18.5 Å². The molecule has 1 fully saturated rings. The fraction of sp³-hybridized carbons (Fsp3) is 0.450. The smallest absolute Gasteiger partial charge is 0.223 e. The lowest BCUT2D eigenvalue weighted by atomic mass is 9.94. The average molecular weight is 336 g/mol. The second kappa shape index (κ2) is 7.21. The molecule has 2 aliphatic carbocycles. The lowest BCUT2D eigenvalue weighted by molar-refractivity contribution is -0.125. The number of hydrogen-bond acceptors (Lipinski definition) is 3. The summed E-state index contributed by atoms with van der Waals surface area (Å²) in [6.45, 7) is 1.34. The first-order valence-corrected chi connectivity index (χ1v) is 9.23. The van der Waals surface area contributed by atoms with Gasteiger partial charge in [0, 0.05) is 30.3 Å². The van der Waals surface area contributed by atoms with Gasteiger partial charge in [0.1, 0.15) is 5.69 Å². The summed E-state index contributed by atoms with van der Waals surface area (Å²) in [5.41, 5.74) is 3.10. The van der Waals surface area contributed by atoms with E-state index in [-0.39, 0.29) is 11.8 Å². The van der Waals surface area contributed by atoms with Crippen LogP contribution in [0.25, 0.3) is 11.4 Å². The van der Waals surface area contributed by atoms with Crippen molar-refractivity contribution in [2.24, 2.45) is 5.92 Å². The van der Waals surface area contributed by atoms with E-state index in [2.05, 4.69) is 33.2 Å². The summed E-state index contributed by atoms with van der Waals surface area (Å²) in [5, 5.41) is 7.83. The van der Waals surface area contributed by atoms with Gasteiger partial charge in [-0.3, -0.25) is 14.5 Å². The van der Waals surface area contributed by atoms with Crippen LogP contribution in [0.4, 0.5) is 0 Å². The minimum atomic E-state index is 0.134. The zero-order chi connectivity index (χ0) is 17.1. The number of hydrogen-bond donors (Lipinski definition) is 1. The zero-order valence-electron chi connectivity index (χ0n) is 14.4. The Bertz CT molecular complexity index is 761. The molecule has 0 unspecified atom stereocenters. The van der Waals surface area contributed by atoms with Crippen molar-refractivity contribution >= 4 is 5.91 Å². The summed E-state index contributed by atoms with van der Waals surface area (Å²) in [5.74, 6) is 0.924. The lowest BCUT2D eigenvalue weighted by Gasteiger charge is -2.17. The first-order valence-electron chi connectivity index (χ1n) is 9.23. The molecule has 0 radical (unpaired) electrons. The highest BCUT2D eigenvalue weighted by Gasteiger charge is 2.28. The minimum absolute atomic E-state index is 0.134. The molecule has 0 aromatic carbocycles. The van der Waals surface area contributed by atoms with Crippen LogP contribution in [-0.2, 0) is 11.3 Å². The lowest BCUT2D eigenvalue weighted by Crippen LogP contribution is -2.33. The number of rotatable bonds is 6. The largest absolute Gasteiger partial charge is 0.354 e. The Kier molecular flexibility index (Phi) is 4.63. The number of carbonyl (C=O) groups is 1. The van der Waals surface area contributed by atoms with Gasteiger partial charge >= 0.3 is 0 Å². The van der Waals surface area contributed by atoms with Gasteiger partial charge in [-0.25, -0.2) is 0 Å². The van der Waals surface area contributed by atoms with E-state index < -0.39 is 0 Å². The summed E-state index contributed by atoms with van der Waals surface area (Å²) in [7, 11) is 0. The number of carbonyl (C=O) groups excluding carboxylic acids is 1. The Labute approximate surface area is 148 Å². The van der Waals surface area contributed by atoms with Gasteiger partial charge < -0.3 is 5.32 Å². The molecule has 2 aromatic heterocycles. The molecule has 130 valence electrons. The van der Waals surface area contributed by atoms with E-state index in [1.54, 1.807) is 6.20 Å². The van der Waals surface area contributed by atoms with Crippen LogP contribution < -0.4 is 5.32 Å².